The highest BCUT2D eigenvalue weighted by Gasteiger charge is 2.44. The van der Waals surface area contributed by atoms with Crippen molar-refractivity contribution in [2.45, 2.75) is 84.3 Å². The summed E-state index contributed by atoms with van der Waals surface area (Å²) in [5, 5.41) is 2.96. The molecular formula is C17H30N2O2. The highest BCUT2D eigenvalue weighted by molar-refractivity contribution is 5.97. The summed E-state index contributed by atoms with van der Waals surface area (Å²) in [5.74, 6) is 0.748. The molecule has 0 aromatic rings. The minimum Gasteiger partial charge on any atom is -0.342 e. The number of hydrogen-bond donors (Lipinski definition) is 1. The van der Waals surface area contributed by atoms with E-state index in [1.807, 2.05) is 18.7 Å². The van der Waals surface area contributed by atoms with Crippen molar-refractivity contribution in [3.63, 3.8) is 0 Å². The molecule has 21 heavy (non-hydrogen) atoms. The zero-order valence-corrected chi connectivity index (χ0v) is 13.9. The predicted molar refractivity (Wildman–Crippen MR) is 83.7 cm³/mol. The van der Waals surface area contributed by atoms with Crippen molar-refractivity contribution in [3.8, 4) is 0 Å². The fraction of sp³-hybridized carbons (Fsp3) is 0.882. The molecule has 4 heteroatoms. The molecule has 0 aromatic carbocycles. The van der Waals surface area contributed by atoms with Crippen LogP contribution in [0.4, 0.5) is 0 Å². The third-order valence-electron chi connectivity index (χ3n) is 4.79. The topological polar surface area (TPSA) is 49.4 Å². The van der Waals surface area contributed by atoms with Crippen LogP contribution in [0.15, 0.2) is 0 Å². The Balaban J connectivity index is 2.25. The smallest absolute Gasteiger partial charge is 0.246 e. The van der Waals surface area contributed by atoms with Gasteiger partial charge in [0.2, 0.25) is 11.8 Å². The summed E-state index contributed by atoms with van der Waals surface area (Å²) in [6.45, 7) is 8.24. The highest BCUT2D eigenvalue weighted by Crippen LogP contribution is 2.29. The second-order valence-electron chi connectivity index (χ2n) is 7.41. The van der Waals surface area contributed by atoms with E-state index in [9.17, 15) is 9.59 Å². The van der Waals surface area contributed by atoms with Gasteiger partial charge in [0.25, 0.3) is 0 Å². The monoisotopic (exact) mass is 294 g/mol. The van der Waals surface area contributed by atoms with Gasteiger partial charge < -0.3 is 10.2 Å². The van der Waals surface area contributed by atoms with E-state index in [-0.39, 0.29) is 35.9 Å². The number of carbonyl (C=O) groups is 2. The molecule has 2 fully saturated rings. The van der Waals surface area contributed by atoms with Crippen LogP contribution in [0.2, 0.25) is 0 Å². The summed E-state index contributed by atoms with van der Waals surface area (Å²) in [6, 6.07) is -0.347. The molecule has 2 rings (SSSR count). The third-order valence-corrected chi connectivity index (χ3v) is 4.79. The van der Waals surface area contributed by atoms with Gasteiger partial charge in [-0.05, 0) is 31.1 Å². The van der Waals surface area contributed by atoms with E-state index < -0.39 is 0 Å². The molecule has 0 radical (unpaired) electrons. The molecule has 2 unspecified atom stereocenters. The van der Waals surface area contributed by atoms with Gasteiger partial charge in [-0.1, -0.05) is 47.0 Å². The number of nitrogens with one attached hydrogen (secondary N) is 1. The van der Waals surface area contributed by atoms with E-state index in [1.165, 1.54) is 19.3 Å². The molecule has 120 valence electrons. The Morgan fingerprint density at radius 2 is 1.71 bits per heavy atom. The second-order valence-corrected chi connectivity index (χ2v) is 7.41. The van der Waals surface area contributed by atoms with Crippen molar-refractivity contribution >= 4 is 11.8 Å². The molecule has 2 atom stereocenters. The number of piperazine rings is 1. The maximum Gasteiger partial charge on any atom is 0.246 e. The molecule has 1 aliphatic heterocycles. The first kappa shape index (κ1) is 16.3. The lowest BCUT2D eigenvalue weighted by atomic mass is 9.87. The van der Waals surface area contributed by atoms with Crippen molar-refractivity contribution in [1.29, 1.82) is 0 Å². The summed E-state index contributed by atoms with van der Waals surface area (Å²) < 4.78 is 0. The van der Waals surface area contributed by atoms with Crippen molar-refractivity contribution in [2.75, 3.05) is 0 Å². The van der Waals surface area contributed by atoms with E-state index in [0.717, 1.165) is 19.3 Å². The Kier molecular flexibility index (Phi) is 5.28. The standard InChI is InChI=1S/C17H30N2O2/c1-11(2)10-14-16(20)18-15(12(3)4)17(21)19(14)13-8-6-5-7-9-13/h11-15H,5-10H2,1-4H3,(H,18,20). The van der Waals surface area contributed by atoms with Gasteiger partial charge in [-0.3, -0.25) is 9.59 Å². The summed E-state index contributed by atoms with van der Waals surface area (Å²) in [5.41, 5.74) is 0. The highest BCUT2D eigenvalue weighted by atomic mass is 16.2. The Morgan fingerprint density at radius 3 is 2.24 bits per heavy atom. The molecule has 2 amide bonds. The molecule has 0 spiro atoms. The van der Waals surface area contributed by atoms with Gasteiger partial charge in [0.05, 0.1) is 0 Å². The van der Waals surface area contributed by atoms with E-state index in [2.05, 4.69) is 19.2 Å². The molecule has 1 saturated carbocycles. The van der Waals surface area contributed by atoms with Crippen LogP contribution in [0.1, 0.15) is 66.2 Å². The van der Waals surface area contributed by atoms with Crippen LogP contribution in [-0.4, -0.2) is 34.8 Å². The number of amides is 2. The summed E-state index contributed by atoms with van der Waals surface area (Å²) in [7, 11) is 0. The van der Waals surface area contributed by atoms with Crippen LogP contribution in [0.5, 0.6) is 0 Å². The Bertz CT molecular complexity index is 386. The molecule has 1 saturated heterocycles. The van der Waals surface area contributed by atoms with E-state index in [0.29, 0.717) is 5.92 Å². The molecule has 4 nitrogen and oxygen atoms in total. The van der Waals surface area contributed by atoms with Crippen molar-refractivity contribution in [2.24, 2.45) is 11.8 Å². The van der Waals surface area contributed by atoms with Crippen LogP contribution in [-0.2, 0) is 9.59 Å². The minimum absolute atomic E-state index is 0.0487. The first-order valence-electron chi connectivity index (χ1n) is 8.54. The largest absolute Gasteiger partial charge is 0.342 e. The fourth-order valence-electron chi connectivity index (χ4n) is 3.66. The Labute approximate surface area is 128 Å². The Morgan fingerprint density at radius 1 is 1.10 bits per heavy atom. The zero-order chi connectivity index (χ0) is 15.6. The Hall–Kier alpha value is -1.06. The molecule has 1 N–H and O–H groups in total. The zero-order valence-electron chi connectivity index (χ0n) is 13.9. The SMILES string of the molecule is CC(C)CC1C(=O)NC(C(C)C)C(=O)N1C1CCCCC1. The van der Waals surface area contributed by atoms with Gasteiger partial charge in [-0.15, -0.1) is 0 Å². The van der Waals surface area contributed by atoms with Gasteiger partial charge in [0.1, 0.15) is 12.1 Å². The minimum atomic E-state index is -0.345. The summed E-state index contributed by atoms with van der Waals surface area (Å²) in [4.78, 5) is 27.4. The van der Waals surface area contributed by atoms with E-state index in [1.54, 1.807) is 0 Å². The third kappa shape index (κ3) is 3.58. The van der Waals surface area contributed by atoms with Crippen LogP contribution in [0.3, 0.4) is 0 Å². The number of rotatable bonds is 4. The maximum atomic E-state index is 12.9. The van der Waals surface area contributed by atoms with Crippen LogP contribution >= 0.6 is 0 Å². The number of hydrogen-bond acceptors (Lipinski definition) is 2. The van der Waals surface area contributed by atoms with Crippen LogP contribution < -0.4 is 5.32 Å². The average molecular weight is 294 g/mol. The molecule has 0 aromatic heterocycles. The fourth-order valence-corrected chi connectivity index (χ4v) is 3.66. The maximum absolute atomic E-state index is 12.9. The lowest BCUT2D eigenvalue weighted by molar-refractivity contribution is -0.155. The predicted octanol–water partition coefficient (Wildman–Crippen LogP) is 2.72. The molecule has 1 aliphatic carbocycles. The van der Waals surface area contributed by atoms with Gasteiger partial charge in [0.15, 0.2) is 0 Å². The number of nitrogens with zero attached hydrogens (tertiary/aromatic N) is 1. The normalized spacial score (nSPS) is 28.4. The number of carbonyl (C=O) groups excluding carboxylic acids is 2. The van der Waals surface area contributed by atoms with Crippen LogP contribution in [0.25, 0.3) is 0 Å². The molecule has 1 heterocycles. The quantitative estimate of drug-likeness (QED) is 0.866. The summed E-state index contributed by atoms with van der Waals surface area (Å²) >= 11 is 0. The first-order chi connectivity index (χ1) is 9.91. The van der Waals surface area contributed by atoms with Crippen molar-refractivity contribution < 1.29 is 9.59 Å². The lowest BCUT2D eigenvalue weighted by Crippen LogP contribution is -2.67. The van der Waals surface area contributed by atoms with Gasteiger partial charge in [-0.2, -0.15) is 0 Å². The van der Waals surface area contributed by atoms with E-state index in [4.69, 9.17) is 0 Å². The summed E-state index contributed by atoms with van der Waals surface area (Å²) in [6.07, 6.45) is 6.48. The second kappa shape index (κ2) is 6.80. The van der Waals surface area contributed by atoms with Gasteiger partial charge in [0, 0.05) is 6.04 Å². The van der Waals surface area contributed by atoms with E-state index >= 15 is 0 Å². The average Bonchev–Trinajstić information content (AvgIpc) is 2.43. The van der Waals surface area contributed by atoms with Gasteiger partial charge in [-0.25, -0.2) is 0 Å². The molecular weight excluding hydrogens is 264 g/mol. The lowest BCUT2D eigenvalue weighted by Gasteiger charge is -2.46. The van der Waals surface area contributed by atoms with Crippen molar-refractivity contribution in [3.05, 3.63) is 0 Å². The van der Waals surface area contributed by atoms with Gasteiger partial charge >= 0.3 is 0 Å². The molecule has 2 aliphatic rings. The van der Waals surface area contributed by atoms with Crippen LogP contribution in [0, 0.1) is 11.8 Å². The first-order valence-corrected chi connectivity index (χ1v) is 8.54. The van der Waals surface area contributed by atoms with Crippen molar-refractivity contribution in [1.82, 2.24) is 10.2 Å². The molecule has 0 bridgehead atoms.